The van der Waals surface area contributed by atoms with Gasteiger partial charge in [0.2, 0.25) is 0 Å². The van der Waals surface area contributed by atoms with Crippen LogP contribution in [0.15, 0.2) is 24.3 Å². The molecule has 0 fully saturated rings. The number of nitrogens with zero attached hydrogens (tertiary/aromatic N) is 3. The summed E-state index contributed by atoms with van der Waals surface area (Å²) < 4.78 is 1.65. The highest BCUT2D eigenvalue weighted by molar-refractivity contribution is 5.62. The lowest BCUT2D eigenvalue weighted by molar-refractivity contribution is 0.475. The molecule has 0 amide bonds. The van der Waals surface area contributed by atoms with E-state index in [-0.39, 0.29) is 5.75 Å². The second kappa shape index (κ2) is 3.70. The Labute approximate surface area is 87.1 Å². The van der Waals surface area contributed by atoms with Gasteiger partial charge in [-0.25, -0.2) is 0 Å². The fraction of sp³-hybridized carbons (Fsp3) is 0.200. The lowest BCUT2D eigenvalue weighted by atomic mass is 10.1. The maximum Gasteiger partial charge on any atom is 0.117 e. The van der Waals surface area contributed by atoms with Crippen LogP contribution in [-0.2, 0) is 13.6 Å². The van der Waals surface area contributed by atoms with Gasteiger partial charge in [-0.15, -0.1) is 5.10 Å². The van der Waals surface area contributed by atoms with Crippen LogP contribution in [0.25, 0.3) is 11.3 Å². The van der Waals surface area contributed by atoms with Crippen molar-refractivity contribution in [3.8, 4) is 17.0 Å². The van der Waals surface area contributed by atoms with Crippen molar-refractivity contribution in [2.75, 3.05) is 0 Å². The zero-order chi connectivity index (χ0) is 10.8. The van der Waals surface area contributed by atoms with Crippen LogP contribution in [0.2, 0.25) is 0 Å². The van der Waals surface area contributed by atoms with E-state index in [4.69, 9.17) is 10.8 Å². The Morgan fingerprint density at radius 1 is 1.33 bits per heavy atom. The molecule has 1 aromatic heterocycles. The highest BCUT2D eigenvalue weighted by Gasteiger charge is 2.10. The van der Waals surface area contributed by atoms with Gasteiger partial charge in [0.25, 0.3) is 0 Å². The van der Waals surface area contributed by atoms with E-state index < -0.39 is 0 Å². The Balaban J connectivity index is 2.49. The van der Waals surface area contributed by atoms with E-state index in [1.165, 1.54) is 0 Å². The lowest BCUT2D eigenvalue weighted by Crippen LogP contribution is -2.05. The van der Waals surface area contributed by atoms with Crippen molar-refractivity contribution in [3.63, 3.8) is 0 Å². The largest absolute Gasteiger partial charge is 0.508 e. The number of aryl methyl sites for hydroxylation is 1. The van der Waals surface area contributed by atoms with Gasteiger partial charge in [-0.3, -0.25) is 4.68 Å². The highest BCUT2D eigenvalue weighted by Crippen LogP contribution is 2.22. The molecule has 0 unspecified atom stereocenters. The zero-order valence-electron chi connectivity index (χ0n) is 8.38. The molecule has 0 aliphatic heterocycles. The number of rotatable bonds is 2. The average molecular weight is 204 g/mol. The smallest absolute Gasteiger partial charge is 0.117 e. The second-order valence-electron chi connectivity index (χ2n) is 3.26. The zero-order valence-corrected chi connectivity index (χ0v) is 8.38. The van der Waals surface area contributed by atoms with Crippen LogP contribution in [0.3, 0.4) is 0 Å². The topological polar surface area (TPSA) is 77.0 Å². The fourth-order valence-electron chi connectivity index (χ4n) is 1.45. The van der Waals surface area contributed by atoms with Crippen molar-refractivity contribution in [3.05, 3.63) is 30.0 Å². The summed E-state index contributed by atoms with van der Waals surface area (Å²) in [5.41, 5.74) is 8.16. The SMILES string of the molecule is Cn1nnc(-c2ccc(O)cc2)c1CN. The molecular formula is C10H12N4O. The van der Waals surface area contributed by atoms with E-state index in [9.17, 15) is 0 Å². The summed E-state index contributed by atoms with van der Waals surface area (Å²) in [4.78, 5) is 0. The van der Waals surface area contributed by atoms with E-state index in [0.29, 0.717) is 6.54 Å². The molecule has 0 bridgehead atoms. The molecule has 2 aromatic rings. The third-order valence-electron chi connectivity index (χ3n) is 2.28. The van der Waals surface area contributed by atoms with Crippen LogP contribution in [0.4, 0.5) is 0 Å². The molecule has 0 saturated heterocycles. The minimum Gasteiger partial charge on any atom is -0.508 e. The monoisotopic (exact) mass is 204 g/mol. The number of nitrogens with two attached hydrogens (primary N) is 1. The van der Waals surface area contributed by atoms with Crippen molar-refractivity contribution in [1.82, 2.24) is 15.0 Å². The molecule has 0 aliphatic carbocycles. The average Bonchev–Trinajstić information content (AvgIpc) is 2.61. The molecule has 0 spiro atoms. The Hall–Kier alpha value is -1.88. The van der Waals surface area contributed by atoms with Gasteiger partial charge in [0.1, 0.15) is 11.4 Å². The van der Waals surface area contributed by atoms with Gasteiger partial charge in [-0.05, 0) is 24.3 Å². The first-order valence-electron chi connectivity index (χ1n) is 4.60. The summed E-state index contributed by atoms with van der Waals surface area (Å²) in [6.45, 7) is 0.389. The quantitative estimate of drug-likeness (QED) is 0.752. The molecule has 0 atom stereocenters. The Kier molecular flexibility index (Phi) is 2.39. The van der Waals surface area contributed by atoms with E-state index >= 15 is 0 Å². The number of phenolic OH excluding ortho intramolecular Hbond substituents is 1. The number of phenols is 1. The van der Waals surface area contributed by atoms with Crippen LogP contribution < -0.4 is 5.73 Å². The standard InChI is InChI=1S/C10H12N4O/c1-14-9(6-11)10(12-13-14)7-2-4-8(15)5-3-7/h2-5,15H,6,11H2,1H3. The van der Waals surface area contributed by atoms with Crippen LogP contribution in [-0.4, -0.2) is 20.1 Å². The highest BCUT2D eigenvalue weighted by atomic mass is 16.3. The van der Waals surface area contributed by atoms with E-state index in [1.807, 2.05) is 0 Å². The molecule has 5 nitrogen and oxygen atoms in total. The predicted octanol–water partition coefficient (Wildman–Crippen LogP) is 0.646. The second-order valence-corrected chi connectivity index (χ2v) is 3.26. The van der Waals surface area contributed by atoms with Gasteiger partial charge in [0.15, 0.2) is 0 Å². The van der Waals surface area contributed by atoms with Crippen molar-refractivity contribution < 1.29 is 5.11 Å². The molecule has 0 aliphatic rings. The summed E-state index contributed by atoms with van der Waals surface area (Å²) in [6.07, 6.45) is 0. The third kappa shape index (κ3) is 1.69. The van der Waals surface area contributed by atoms with Crippen molar-refractivity contribution in [2.24, 2.45) is 12.8 Å². The van der Waals surface area contributed by atoms with Crippen molar-refractivity contribution in [1.29, 1.82) is 0 Å². The molecule has 2 rings (SSSR count). The molecule has 5 heteroatoms. The predicted molar refractivity (Wildman–Crippen MR) is 56.0 cm³/mol. The first-order chi connectivity index (χ1) is 7.22. The van der Waals surface area contributed by atoms with E-state index in [2.05, 4.69) is 10.3 Å². The number of aromatic nitrogens is 3. The van der Waals surface area contributed by atoms with Gasteiger partial charge >= 0.3 is 0 Å². The fourth-order valence-corrected chi connectivity index (χ4v) is 1.45. The summed E-state index contributed by atoms with van der Waals surface area (Å²) >= 11 is 0. The minimum absolute atomic E-state index is 0.233. The number of aromatic hydroxyl groups is 1. The molecule has 1 aromatic carbocycles. The van der Waals surface area contributed by atoms with E-state index in [1.54, 1.807) is 36.0 Å². The molecule has 78 valence electrons. The molecular weight excluding hydrogens is 192 g/mol. The maximum atomic E-state index is 9.17. The first-order valence-corrected chi connectivity index (χ1v) is 4.60. The molecule has 15 heavy (non-hydrogen) atoms. The third-order valence-corrected chi connectivity index (χ3v) is 2.28. The number of benzene rings is 1. The first kappa shape index (κ1) is 9.67. The van der Waals surface area contributed by atoms with Gasteiger partial charge in [0.05, 0.1) is 5.69 Å². The minimum atomic E-state index is 0.233. The Bertz CT molecular complexity index is 461. The summed E-state index contributed by atoms with van der Waals surface area (Å²) in [5, 5.41) is 17.1. The van der Waals surface area contributed by atoms with Crippen molar-refractivity contribution in [2.45, 2.75) is 6.54 Å². The number of hydrogen-bond donors (Lipinski definition) is 2. The molecule has 3 N–H and O–H groups in total. The maximum absolute atomic E-state index is 9.17. The van der Waals surface area contributed by atoms with Crippen LogP contribution in [0, 0.1) is 0 Å². The van der Waals surface area contributed by atoms with Crippen LogP contribution in [0.1, 0.15) is 5.69 Å². The van der Waals surface area contributed by atoms with Crippen LogP contribution in [0.5, 0.6) is 5.75 Å². The van der Waals surface area contributed by atoms with Gasteiger partial charge in [-0.2, -0.15) is 0 Å². The van der Waals surface area contributed by atoms with Gasteiger partial charge in [-0.1, -0.05) is 5.21 Å². The Morgan fingerprint density at radius 2 is 2.00 bits per heavy atom. The number of hydrogen-bond acceptors (Lipinski definition) is 4. The summed E-state index contributed by atoms with van der Waals surface area (Å²) in [5.74, 6) is 0.233. The van der Waals surface area contributed by atoms with Gasteiger partial charge < -0.3 is 10.8 Å². The van der Waals surface area contributed by atoms with E-state index in [0.717, 1.165) is 17.0 Å². The molecule has 0 saturated carbocycles. The molecule has 0 radical (unpaired) electrons. The Morgan fingerprint density at radius 3 is 2.60 bits per heavy atom. The molecule has 1 heterocycles. The summed E-state index contributed by atoms with van der Waals surface area (Å²) in [7, 11) is 1.80. The van der Waals surface area contributed by atoms with Gasteiger partial charge in [0, 0.05) is 19.2 Å². The van der Waals surface area contributed by atoms with Crippen LogP contribution >= 0.6 is 0 Å². The summed E-state index contributed by atoms with van der Waals surface area (Å²) in [6, 6.07) is 6.81. The normalized spacial score (nSPS) is 10.5. The lowest BCUT2D eigenvalue weighted by Gasteiger charge is -2.01. The van der Waals surface area contributed by atoms with Crippen molar-refractivity contribution >= 4 is 0 Å².